The van der Waals surface area contributed by atoms with Crippen molar-refractivity contribution < 1.29 is 8.81 Å². The Bertz CT molecular complexity index is 945. The third kappa shape index (κ3) is 2.78. The molecule has 0 amide bonds. The summed E-state index contributed by atoms with van der Waals surface area (Å²) in [5.74, 6) is -0.374. The number of nitrogens with one attached hydrogen (secondary N) is 1. The molecule has 0 bridgehead atoms. The highest BCUT2D eigenvalue weighted by molar-refractivity contribution is 5.84. The lowest BCUT2D eigenvalue weighted by molar-refractivity contribution is 0.561. The second kappa shape index (κ2) is 6.09. The molecule has 2 aromatic carbocycles. The van der Waals surface area contributed by atoms with E-state index in [1.165, 1.54) is 12.1 Å². The summed E-state index contributed by atoms with van der Waals surface area (Å²) in [5, 5.41) is 4.14. The highest BCUT2D eigenvalue weighted by Crippen LogP contribution is 2.25. The summed E-state index contributed by atoms with van der Waals surface area (Å²) in [6.07, 6.45) is 0. The molecule has 0 aliphatic carbocycles. The van der Waals surface area contributed by atoms with E-state index in [1.54, 1.807) is 18.2 Å². The van der Waals surface area contributed by atoms with Gasteiger partial charge in [0.05, 0.1) is 5.56 Å². The van der Waals surface area contributed by atoms with Crippen molar-refractivity contribution >= 4 is 16.7 Å². The van der Waals surface area contributed by atoms with Crippen LogP contribution in [0.5, 0.6) is 0 Å². The Labute approximate surface area is 138 Å². The van der Waals surface area contributed by atoms with Crippen molar-refractivity contribution in [1.29, 1.82) is 0 Å². The van der Waals surface area contributed by atoms with E-state index in [1.807, 2.05) is 18.2 Å². The lowest BCUT2D eigenvalue weighted by Crippen LogP contribution is -2.43. The van der Waals surface area contributed by atoms with Crippen LogP contribution in [0.4, 0.5) is 10.1 Å². The third-order valence-corrected chi connectivity index (χ3v) is 4.34. The summed E-state index contributed by atoms with van der Waals surface area (Å²) < 4.78 is 18.9. The van der Waals surface area contributed by atoms with Gasteiger partial charge in [-0.2, -0.15) is 0 Å². The number of anilines is 1. The van der Waals surface area contributed by atoms with E-state index in [-0.39, 0.29) is 5.82 Å². The molecule has 0 atom stereocenters. The molecule has 1 saturated heterocycles. The second-order valence-electron chi connectivity index (χ2n) is 5.92. The Balaban J connectivity index is 1.77. The lowest BCUT2D eigenvalue weighted by atomic mass is 10.1. The van der Waals surface area contributed by atoms with Gasteiger partial charge in [-0.05, 0) is 35.9 Å². The van der Waals surface area contributed by atoms with Crippen LogP contribution < -0.4 is 15.8 Å². The van der Waals surface area contributed by atoms with Crippen LogP contribution in [-0.2, 0) is 0 Å². The first-order chi connectivity index (χ1) is 11.7. The summed E-state index contributed by atoms with van der Waals surface area (Å²) in [5.41, 5.74) is 2.04. The smallest absolute Gasteiger partial charge is 0.344 e. The molecule has 122 valence electrons. The molecule has 4 rings (SSSR count). The zero-order chi connectivity index (χ0) is 16.5. The average Bonchev–Trinajstić information content (AvgIpc) is 2.61. The van der Waals surface area contributed by atoms with Crippen LogP contribution in [0, 0.1) is 5.82 Å². The number of benzene rings is 2. The van der Waals surface area contributed by atoms with E-state index in [2.05, 4.69) is 10.2 Å². The molecule has 2 heterocycles. The van der Waals surface area contributed by atoms with Crippen molar-refractivity contribution in [2.45, 2.75) is 0 Å². The zero-order valence-electron chi connectivity index (χ0n) is 13.1. The molecule has 0 spiro atoms. The van der Waals surface area contributed by atoms with Crippen molar-refractivity contribution in [3.63, 3.8) is 0 Å². The average molecular weight is 324 g/mol. The fourth-order valence-electron chi connectivity index (χ4n) is 3.08. The van der Waals surface area contributed by atoms with Crippen LogP contribution >= 0.6 is 0 Å². The van der Waals surface area contributed by atoms with Crippen LogP contribution in [0.25, 0.3) is 22.1 Å². The number of halogens is 1. The van der Waals surface area contributed by atoms with Crippen LogP contribution in [0.1, 0.15) is 0 Å². The van der Waals surface area contributed by atoms with Gasteiger partial charge in [-0.15, -0.1) is 0 Å². The topological polar surface area (TPSA) is 45.5 Å². The van der Waals surface area contributed by atoms with Gasteiger partial charge in [0.15, 0.2) is 0 Å². The Morgan fingerprint density at radius 1 is 1.04 bits per heavy atom. The molecular formula is C19H17FN2O2. The molecular weight excluding hydrogens is 307 g/mol. The van der Waals surface area contributed by atoms with Crippen LogP contribution in [0.2, 0.25) is 0 Å². The van der Waals surface area contributed by atoms with Gasteiger partial charge in [-0.3, -0.25) is 0 Å². The Hall–Kier alpha value is -2.66. The standard InChI is InChI=1S/C19H17FN2O2/c20-15-3-1-2-13(10-15)17-11-14-4-5-16(12-18(14)24-19(17)23)22-8-6-21-7-9-22/h1-5,10-12,21H,6-9H2. The normalized spacial score (nSPS) is 15.0. The van der Waals surface area contributed by atoms with Gasteiger partial charge in [0, 0.05) is 43.3 Å². The van der Waals surface area contributed by atoms with E-state index in [4.69, 9.17) is 4.42 Å². The SMILES string of the molecule is O=c1oc2cc(N3CCNCC3)ccc2cc1-c1cccc(F)c1. The highest BCUT2D eigenvalue weighted by Gasteiger charge is 2.13. The molecule has 0 radical (unpaired) electrons. The minimum absolute atomic E-state index is 0.372. The molecule has 24 heavy (non-hydrogen) atoms. The molecule has 0 unspecified atom stereocenters. The van der Waals surface area contributed by atoms with Crippen LogP contribution in [0.15, 0.2) is 57.7 Å². The van der Waals surface area contributed by atoms with Crippen molar-refractivity contribution in [2.75, 3.05) is 31.1 Å². The van der Waals surface area contributed by atoms with Crippen molar-refractivity contribution in [3.05, 3.63) is 64.8 Å². The summed E-state index contributed by atoms with van der Waals surface area (Å²) in [6, 6.07) is 13.6. The fraction of sp³-hybridized carbons (Fsp3) is 0.211. The molecule has 1 aliphatic rings. The first-order valence-electron chi connectivity index (χ1n) is 8.00. The highest BCUT2D eigenvalue weighted by atomic mass is 19.1. The van der Waals surface area contributed by atoms with Gasteiger partial charge in [0.1, 0.15) is 11.4 Å². The Kier molecular flexibility index (Phi) is 3.78. The van der Waals surface area contributed by atoms with E-state index in [0.29, 0.717) is 16.7 Å². The molecule has 1 N–H and O–H groups in total. The second-order valence-corrected chi connectivity index (χ2v) is 5.92. The molecule has 1 aliphatic heterocycles. The minimum atomic E-state index is -0.453. The molecule has 5 heteroatoms. The summed E-state index contributed by atoms with van der Waals surface area (Å²) in [6.45, 7) is 3.75. The molecule has 1 aromatic heterocycles. The van der Waals surface area contributed by atoms with Gasteiger partial charge in [-0.1, -0.05) is 12.1 Å². The molecule has 1 fully saturated rings. The first-order valence-corrected chi connectivity index (χ1v) is 8.00. The van der Waals surface area contributed by atoms with Gasteiger partial charge in [-0.25, -0.2) is 9.18 Å². The quantitative estimate of drug-likeness (QED) is 0.736. The molecule has 3 aromatic rings. The van der Waals surface area contributed by atoms with E-state index in [0.717, 1.165) is 37.3 Å². The number of nitrogens with zero attached hydrogens (tertiary/aromatic N) is 1. The third-order valence-electron chi connectivity index (χ3n) is 4.34. The summed E-state index contributed by atoms with van der Waals surface area (Å²) in [4.78, 5) is 14.6. The number of piperazine rings is 1. The Morgan fingerprint density at radius 3 is 2.67 bits per heavy atom. The van der Waals surface area contributed by atoms with E-state index in [9.17, 15) is 9.18 Å². The van der Waals surface area contributed by atoms with Crippen molar-refractivity contribution in [3.8, 4) is 11.1 Å². The van der Waals surface area contributed by atoms with Crippen LogP contribution in [0.3, 0.4) is 0 Å². The predicted octanol–water partition coefficient (Wildman–Crippen LogP) is 3.01. The van der Waals surface area contributed by atoms with E-state index >= 15 is 0 Å². The fourth-order valence-corrected chi connectivity index (χ4v) is 3.08. The summed E-state index contributed by atoms with van der Waals surface area (Å²) >= 11 is 0. The molecule has 0 saturated carbocycles. The predicted molar refractivity (Wildman–Crippen MR) is 93.0 cm³/mol. The maximum atomic E-state index is 13.4. The first kappa shape index (κ1) is 14.9. The van der Waals surface area contributed by atoms with Gasteiger partial charge < -0.3 is 14.6 Å². The number of rotatable bonds is 2. The van der Waals surface area contributed by atoms with Gasteiger partial charge in [0.2, 0.25) is 0 Å². The minimum Gasteiger partial charge on any atom is -0.422 e. The van der Waals surface area contributed by atoms with Crippen molar-refractivity contribution in [1.82, 2.24) is 5.32 Å². The van der Waals surface area contributed by atoms with Crippen LogP contribution in [-0.4, -0.2) is 26.2 Å². The zero-order valence-corrected chi connectivity index (χ0v) is 13.1. The maximum Gasteiger partial charge on any atom is 0.344 e. The number of hydrogen-bond donors (Lipinski definition) is 1. The number of fused-ring (bicyclic) bond motifs is 1. The lowest BCUT2D eigenvalue weighted by Gasteiger charge is -2.29. The maximum absolute atomic E-state index is 13.4. The Morgan fingerprint density at radius 2 is 1.88 bits per heavy atom. The van der Waals surface area contributed by atoms with Gasteiger partial charge >= 0.3 is 5.63 Å². The van der Waals surface area contributed by atoms with Gasteiger partial charge in [0.25, 0.3) is 0 Å². The molecule has 4 nitrogen and oxygen atoms in total. The number of hydrogen-bond acceptors (Lipinski definition) is 4. The largest absolute Gasteiger partial charge is 0.422 e. The van der Waals surface area contributed by atoms with E-state index < -0.39 is 5.63 Å². The summed E-state index contributed by atoms with van der Waals surface area (Å²) in [7, 11) is 0. The monoisotopic (exact) mass is 324 g/mol. The van der Waals surface area contributed by atoms with Crippen molar-refractivity contribution in [2.24, 2.45) is 0 Å².